The Bertz CT molecular complexity index is 1330. The molecule has 0 saturated heterocycles. The first-order chi connectivity index (χ1) is 18.8. The molecule has 2 heterocycles. The van der Waals surface area contributed by atoms with Crippen molar-refractivity contribution in [1.29, 1.82) is 0 Å². The van der Waals surface area contributed by atoms with Gasteiger partial charge in [-0.2, -0.15) is 4.98 Å². The quantitative estimate of drug-likeness (QED) is 0.151. The second-order valence-electron chi connectivity index (χ2n) is 9.80. The van der Waals surface area contributed by atoms with Gasteiger partial charge in [0.05, 0.1) is 18.3 Å². The summed E-state index contributed by atoms with van der Waals surface area (Å²) < 4.78 is 19.6. The summed E-state index contributed by atoms with van der Waals surface area (Å²) in [7, 11) is 0. The maximum absolute atomic E-state index is 13.4. The van der Waals surface area contributed by atoms with Crippen molar-refractivity contribution in [1.82, 2.24) is 14.8 Å². The van der Waals surface area contributed by atoms with Crippen molar-refractivity contribution < 1.29 is 19.0 Å². The largest absolute Gasteiger partial charge is 0.490 e. The monoisotopic (exact) mass is 550 g/mol. The lowest BCUT2D eigenvalue weighted by Crippen LogP contribution is -2.30. The van der Waals surface area contributed by atoms with Crippen molar-refractivity contribution >= 4 is 23.7 Å². The van der Waals surface area contributed by atoms with Gasteiger partial charge in [-0.15, -0.1) is 5.10 Å². The lowest BCUT2D eigenvalue weighted by atomic mass is 9.95. The van der Waals surface area contributed by atoms with E-state index in [9.17, 15) is 4.79 Å². The molecule has 8 nitrogen and oxygen atoms in total. The SMILES string of the molecule is CCCCSc1nc2n(n1)C(c1ccc(OCc3cccc(C)c3)c(OCC)c1)C(C(=O)OC(C)C)=C(C)N2. The standard InChI is InChI=1S/C30H38N4O4S/c1-7-9-15-39-30-32-29-31-21(6)26(28(35)38-19(3)4)27(34(29)33-30)23-13-14-24(25(17-23)36-8-2)37-18-22-12-10-11-20(5)16-22/h10-14,16-17,19,27H,7-9,15,18H2,1-6H3,(H,31,32,33). The molecule has 9 heteroatoms. The number of esters is 1. The number of hydrogen-bond acceptors (Lipinski definition) is 8. The van der Waals surface area contributed by atoms with Crippen LogP contribution < -0.4 is 14.8 Å². The summed E-state index contributed by atoms with van der Waals surface area (Å²) in [5.41, 5.74) is 4.27. The topological polar surface area (TPSA) is 87.5 Å². The number of unbranched alkanes of at least 4 members (excludes halogenated alkanes) is 1. The molecule has 39 heavy (non-hydrogen) atoms. The number of ether oxygens (including phenoxy) is 3. The summed E-state index contributed by atoms with van der Waals surface area (Å²) in [5, 5.41) is 8.74. The summed E-state index contributed by atoms with van der Waals surface area (Å²) >= 11 is 1.61. The van der Waals surface area contributed by atoms with E-state index in [1.54, 1.807) is 16.4 Å². The molecule has 2 aromatic carbocycles. The third kappa shape index (κ3) is 6.95. The Morgan fingerprint density at radius 3 is 2.64 bits per heavy atom. The van der Waals surface area contributed by atoms with Crippen LogP contribution in [0.4, 0.5) is 5.95 Å². The first-order valence-corrected chi connectivity index (χ1v) is 14.5. The first kappa shape index (κ1) is 28.5. The summed E-state index contributed by atoms with van der Waals surface area (Å²) in [6.07, 6.45) is 1.93. The Morgan fingerprint density at radius 2 is 1.92 bits per heavy atom. The highest BCUT2D eigenvalue weighted by Crippen LogP contribution is 2.40. The van der Waals surface area contributed by atoms with E-state index >= 15 is 0 Å². The van der Waals surface area contributed by atoms with E-state index in [1.807, 2.05) is 58.0 Å². The number of carbonyl (C=O) groups excluding carboxylic acids is 1. The van der Waals surface area contributed by atoms with E-state index in [1.165, 1.54) is 5.56 Å². The summed E-state index contributed by atoms with van der Waals surface area (Å²) in [6.45, 7) is 12.6. The van der Waals surface area contributed by atoms with Crippen molar-refractivity contribution in [3.8, 4) is 11.5 Å². The lowest BCUT2D eigenvalue weighted by Gasteiger charge is -2.29. The number of rotatable bonds is 12. The van der Waals surface area contributed by atoms with Crippen LogP contribution in [-0.2, 0) is 16.1 Å². The van der Waals surface area contributed by atoms with E-state index in [-0.39, 0.29) is 12.1 Å². The number of aryl methyl sites for hydroxylation is 1. The predicted octanol–water partition coefficient (Wildman–Crippen LogP) is 6.70. The van der Waals surface area contributed by atoms with Gasteiger partial charge in [-0.1, -0.05) is 61.0 Å². The summed E-state index contributed by atoms with van der Waals surface area (Å²) in [4.78, 5) is 18.1. The van der Waals surface area contributed by atoms with Crippen LogP contribution in [0.2, 0.25) is 0 Å². The van der Waals surface area contributed by atoms with Gasteiger partial charge < -0.3 is 19.5 Å². The van der Waals surface area contributed by atoms with E-state index < -0.39 is 6.04 Å². The molecule has 1 atom stereocenters. The van der Waals surface area contributed by atoms with Crippen LogP contribution in [0, 0.1) is 6.92 Å². The number of allylic oxidation sites excluding steroid dienone is 1. The van der Waals surface area contributed by atoms with Crippen LogP contribution in [0.15, 0.2) is 58.9 Å². The van der Waals surface area contributed by atoms with Gasteiger partial charge in [0.25, 0.3) is 0 Å². The molecule has 1 aromatic heterocycles. The average Bonchev–Trinajstić information content (AvgIpc) is 3.29. The number of nitrogens with one attached hydrogen (secondary N) is 1. The number of aromatic nitrogens is 3. The maximum atomic E-state index is 13.4. The Hall–Kier alpha value is -3.46. The number of benzene rings is 2. The number of hydrogen-bond donors (Lipinski definition) is 1. The summed E-state index contributed by atoms with van der Waals surface area (Å²) in [5.74, 6) is 2.38. The highest BCUT2D eigenvalue weighted by atomic mass is 32.2. The first-order valence-electron chi connectivity index (χ1n) is 13.5. The average molecular weight is 551 g/mol. The molecular weight excluding hydrogens is 512 g/mol. The molecule has 0 aliphatic carbocycles. The Morgan fingerprint density at radius 1 is 1.10 bits per heavy atom. The minimum absolute atomic E-state index is 0.257. The number of thioether (sulfide) groups is 1. The molecule has 0 bridgehead atoms. The summed E-state index contributed by atoms with van der Waals surface area (Å²) in [6, 6.07) is 13.5. The fourth-order valence-corrected chi connectivity index (χ4v) is 5.31. The Balaban J connectivity index is 1.72. The van der Waals surface area contributed by atoms with Gasteiger partial charge in [-0.3, -0.25) is 0 Å². The van der Waals surface area contributed by atoms with Crippen molar-refractivity contribution in [3.05, 3.63) is 70.4 Å². The molecule has 0 amide bonds. The van der Waals surface area contributed by atoms with Crippen LogP contribution in [0.1, 0.15) is 70.2 Å². The molecule has 0 fully saturated rings. The molecule has 0 spiro atoms. The third-order valence-corrected chi connectivity index (χ3v) is 7.11. The van der Waals surface area contributed by atoms with Crippen LogP contribution in [0.25, 0.3) is 0 Å². The molecule has 1 aliphatic rings. The Kier molecular flexibility index (Phi) is 9.56. The van der Waals surface area contributed by atoms with Crippen molar-refractivity contribution in [2.45, 2.75) is 78.3 Å². The number of fused-ring (bicyclic) bond motifs is 1. The van der Waals surface area contributed by atoms with Crippen LogP contribution >= 0.6 is 11.8 Å². The molecule has 0 radical (unpaired) electrons. The molecular formula is C30H38N4O4S. The molecule has 1 aliphatic heterocycles. The van der Waals surface area contributed by atoms with Crippen molar-refractivity contribution in [2.24, 2.45) is 0 Å². The van der Waals surface area contributed by atoms with Gasteiger partial charge in [-0.25, -0.2) is 9.48 Å². The molecule has 1 unspecified atom stereocenters. The normalized spacial score (nSPS) is 14.7. The minimum atomic E-state index is -0.537. The van der Waals surface area contributed by atoms with Crippen LogP contribution in [-0.4, -0.2) is 39.2 Å². The van der Waals surface area contributed by atoms with E-state index in [2.05, 4.69) is 31.3 Å². The molecule has 3 aromatic rings. The van der Waals surface area contributed by atoms with Gasteiger partial charge in [0.15, 0.2) is 11.5 Å². The lowest BCUT2D eigenvalue weighted by molar-refractivity contribution is -0.143. The van der Waals surface area contributed by atoms with Crippen LogP contribution in [0.3, 0.4) is 0 Å². The highest BCUT2D eigenvalue weighted by Gasteiger charge is 2.36. The zero-order chi connectivity index (χ0) is 27.9. The smallest absolute Gasteiger partial charge is 0.338 e. The number of carbonyl (C=O) groups is 1. The predicted molar refractivity (Wildman–Crippen MR) is 154 cm³/mol. The maximum Gasteiger partial charge on any atom is 0.338 e. The highest BCUT2D eigenvalue weighted by molar-refractivity contribution is 7.99. The van der Waals surface area contributed by atoms with E-state index in [0.29, 0.717) is 47.1 Å². The zero-order valence-corrected chi connectivity index (χ0v) is 24.4. The minimum Gasteiger partial charge on any atom is -0.490 e. The van der Waals surface area contributed by atoms with Crippen molar-refractivity contribution in [3.63, 3.8) is 0 Å². The molecule has 208 valence electrons. The fraction of sp³-hybridized carbons (Fsp3) is 0.433. The van der Waals surface area contributed by atoms with E-state index in [4.69, 9.17) is 24.3 Å². The van der Waals surface area contributed by atoms with Crippen molar-refractivity contribution in [2.75, 3.05) is 17.7 Å². The molecule has 0 saturated carbocycles. The van der Waals surface area contributed by atoms with Gasteiger partial charge in [0.2, 0.25) is 11.1 Å². The zero-order valence-electron chi connectivity index (χ0n) is 23.6. The molecule has 4 rings (SSSR count). The third-order valence-electron chi connectivity index (χ3n) is 6.19. The second-order valence-corrected chi connectivity index (χ2v) is 10.9. The van der Waals surface area contributed by atoms with Crippen LogP contribution in [0.5, 0.6) is 11.5 Å². The fourth-order valence-electron chi connectivity index (χ4n) is 4.40. The molecule has 1 N–H and O–H groups in total. The van der Waals surface area contributed by atoms with Gasteiger partial charge in [0, 0.05) is 11.4 Å². The number of anilines is 1. The van der Waals surface area contributed by atoms with Gasteiger partial charge in [0.1, 0.15) is 12.6 Å². The van der Waals surface area contributed by atoms with E-state index in [0.717, 1.165) is 29.7 Å². The number of nitrogens with zero attached hydrogens (tertiary/aromatic N) is 3. The Labute approximate surface area is 235 Å². The van der Waals surface area contributed by atoms with Gasteiger partial charge >= 0.3 is 5.97 Å². The van der Waals surface area contributed by atoms with Gasteiger partial charge in [-0.05, 0) is 64.3 Å². The second kappa shape index (κ2) is 13.1.